The molecule has 6 nitrogen and oxygen atoms in total. The van der Waals surface area contributed by atoms with Gasteiger partial charge in [-0.25, -0.2) is 13.1 Å². The third kappa shape index (κ3) is 7.97. The number of ether oxygens (including phenoxy) is 1. The van der Waals surface area contributed by atoms with Crippen LogP contribution in [0.2, 0.25) is 0 Å². The minimum absolute atomic E-state index is 0.0327. The van der Waals surface area contributed by atoms with Gasteiger partial charge in [-0.15, -0.1) is 0 Å². The summed E-state index contributed by atoms with van der Waals surface area (Å²) >= 11 is 0. The molecule has 158 valence electrons. The van der Waals surface area contributed by atoms with Crippen molar-refractivity contribution in [1.82, 2.24) is 9.62 Å². The molecular formula is C22H30N2O4S. The highest BCUT2D eigenvalue weighted by Crippen LogP contribution is 2.14. The van der Waals surface area contributed by atoms with Crippen LogP contribution in [0.1, 0.15) is 30.4 Å². The number of hydrogen-bond donors (Lipinski definition) is 1. The molecule has 2 rings (SSSR count). The first-order valence-electron chi connectivity index (χ1n) is 9.69. The molecule has 1 N–H and O–H groups in total. The number of hydrogen-bond acceptors (Lipinski definition) is 4. The summed E-state index contributed by atoms with van der Waals surface area (Å²) < 4.78 is 33.9. The largest absolute Gasteiger partial charge is 0.377 e. The lowest BCUT2D eigenvalue weighted by Gasteiger charge is -2.20. The van der Waals surface area contributed by atoms with Crippen LogP contribution >= 0.6 is 0 Å². The molecule has 0 bridgehead atoms. The fraction of sp³-hybridized carbons (Fsp3) is 0.409. The smallest absolute Gasteiger partial charge is 0.240 e. The van der Waals surface area contributed by atoms with E-state index in [1.54, 1.807) is 38.4 Å². The predicted octanol–water partition coefficient (Wildman–Crippen LogP) is 3.12. The molecule has 1 amide bonds. The van der Waals surface area contributed by atoms with Crippen molar-refractivity contribution in [3.8, 4) is 0 Å². The summed E-state index contributed by atoms with van der Waals surface area (Å²) in [5.41, 5.74) is 2.05. The van der Waals surface area contributed by atoms with E-state index in [9.17, 15) is 13.2 Å². The zero-order chi connectivity index (χ0) is 21.3. The Balaban J connectivity index is 1.97. The number of rotatable bonds is 11. The topological polar surface area (TPSA) is 75.7 Å². The van der Waals surface area contributed by atoms with Crippen LogP contribution in [0.5, 0.6) is 0 Å². The van der Waals surface area contributed by atoms with E-state index in [0.29, 0.717) is 26.1 Å². The lowest BCUT2D eigenvalue weighted by molar-refractivity contribution is -0.128. The molecular weight excluding hydrogens is 388 g/mol. The predicted molar refractivity (Wildman–Crippen MR) is 114 cm³/mol. The standard InChI is InChI=1S/C22H30N2O4S/c1-18-9-12-21(13-10-18)29(26,27)23-20(11-14-22(25)24(2)3)15-16-28-17-19-7-5-4-6-8-19/h4-10,12-13,20,23H,11,14-17H2,1-3H3. The number of carbonyl (C=O) groups excluding carboxylic acids is 1. The van der Waals surface area contributed by atoms with Gasteiger partial charge in [0.25, 0.3) is 0 Å². The summed E-state index contributed by atoms with van der Waals surface area (Å²) in [6, 6.07) is 16.1. The van der Waals surface area contributed by atoms with Crippen molar-refractivity contribution in [2.45, 2.75) is 43.7 Å². The van der Waals surface area contributed by atoms with Crippen molar-refractivity contribution in [2.75, 3.05) is 20.7 Å². The average Bonchev–Trinajstić information content (AvgIpc) is 2.69. The van der Waals surface area contributed by atoms with Crippen molar-refractivity contribution < 1.29 is 17.9 Å². The summed E-state index contributed by atoms with van der Waals surface area (Å²) in [6.45, 7) is 2.77. The molecule has 29 heavy (non-hydrogen) atoms. The maximum Gasteiger partial charge on any atom is 0.240 e. The molecule has 0 radical (unpaired) electrons. The van der Waals surface area contributed by atoms with E-state index in [4.69, 9.17) is 4.74 Å². The van der Waals surface area contributed by atoms with Gasteiger partial charge in [-0.3, -0.25) is 4.79 Å². The molecule has 1 atom stereocenters. The molecule has 7 heteroatoms. The van der Waals surface area contributed by atoms with Crippen molar-refractivity contribution >= 4 is 15.9 Å². The zero-order valence-corrected chi connectivity index (χ0v) is 18.1. The van der Waals surface area contributed by atoms with E-state index in [1.807, 2.05) is 37.3 Å². The quantitative estimate of drug-likeness (QED) is 0.569. The molecule has 0 spiro atoms. The van der Waals surface area contributed by atoms with E-state index in [0.717, 1.165) is 11.1 Å². The first kappa shape index (κ1) is 23.1. The van der Waals surface area contributed by atoms with Crippen LogP contribution in [-0.2, 0) is 26.2 Å². The highest BCUT2D eigenvalue weighted by molar-refractivity contribution is 7.89. The van der Waals surface area contributed by atoms with Gasteiger partial charge >= 0.3 is 0 Å². The van der Waals surface area contributed by atoms with E-state index < -0.39 is 10.0 Å². The third-order valence-electron chi connectivity index (χ3n) is 4.58. The van der Waals surface area contributed by atoms with Gasteiger partial charge in [0, 0.05) is 33.2 Å². The van der Waals surface area contributed by atoms with Crippen molar-refractivity contribution in [2.24, 2.45) is 0 Å². The Kier molecular flexibility index (Phi) is 8.82. The van der Waals surface area contributed by atoms with Gasteiger partial charge in [-0.1, -0.05) is 48.0 Å². The fourth-order valence-electron chi connectivity index (χ4n) is 2.78. The normalized spacial score (nSPS) is 12.5. The monoisotopic (exact) mass is 418 g/mol. The zero-order valence-electron chi connectivity index (χ0n) is 17.3. The molecule has 2 aromatic carbocycles. The molecule has 1 unspecified atom stereocenters. The highest BCUT2D eigenvalue weighted by Gasteiger charge is 2.21. The summed E-state index contributed by atoms with van der Waals surface area (Å²) in [4.78, 5) is 13.7. The number of amides is 1. The lowest BCUT2D eigenvalue weighted by Crippen LogP contribution is -2.37. The molecule has 0 aliphatic rings. The van der Waals surface area contributed by atoms with Crippen LogP contribution in [0.4, 0.5) is 0 Å². The first-order valence-corrected chi connectivity index (χ1v) is 11.2. The van der Waals surface area contributed by atoms with Crippen LogP contribution in [0, 0.1) is 6.92 Å². The maximum absolute atomic E-state index is 12.7. The van der Waals surface area contributed by atoms with Gasteiger partial charge < -0.3 is 9.64 Å². The second-order valence-corrected chi connectivity index (χ2v) is 9.00. The minimum atomic E-state index is -3.66. The number of nitrogens with zero attached hydrogens (tertiary/aromatic N) is 1. The molecule has 0 aliphatic carbocycles. The van der Waals surface area contributed by atoms with Crippen molar-refractivity contribution in [3.05, 3.63) is 65.7 Å². The number of nitrogens with one attached hydrogen (secondary N) is 1. The maximum atomic E-state index is 12.7. The summed E-state index contributed by atoms with van der Waals surface area (Å²) in [5, 5.41) is 0. The van der Waals surface area contributed by atoms with E-state index in [-0.39, 0.29) is 23.3 Å². The second kappa shape index (κ2) is 11.1. The van der Waals surface area contributed by atoms with E-state index in [1.165, 1.54) is 4.90 Å². The van der Waals surface area contributed by atoms with Gasteiger partial charge in [0.2, 0.25) is 15.9 Å². The molecule has 0 heterocycles. The Bertz CT molecular complexity index is 865. The Morgan fingerprint density at radius 1 is 1.03 bits per heavy atom. The Hall–Kier alpha value is -2.22. The molecule has 0 fully saturated rings. The minimum Gasteiger partial charge on any atom is -0.377 e. The molecule has 0 saturated carbocycles. The number of sulfonamides is 1. The summed E-state index contributed by atoms with van der Waals surface area (Å²) in [7, 11) is -0.282. The van der Waals surface area contributed by atoms with Crippen LogP contribution < -0.4 is 4.72 Å². The third-order valence-corrected chi connectivity index (χ3v) is 6.12. The summed E-state index contributed by atoms with van der Waals surface area (Å²) in [6.07, 6.45) is 1.17. The molecule has 0 saturated heterocycles. The van der Waals surface area contributed by atoms with Gasteiger partial charge in [0.15, 0.2) is 0 Å². The van der Waals surface area contributed by atoms with Crippen molar-refractivity contribution in [3.63, 3.8) is 0 Å². The van der Waals surface area contributed by atoms with Gasteiger partial charge in [0.1, 0.15) is 0 Å². The Morgan fingerprint density at radius 2 is 1.69 bits per heavy atom. The SMILES string of the molecule is Cc1ccc(S(=O)(=O)NC(CCOCc2ccccc2)CCC(=O)N(C)C)cc1. The van der Waals surface area contributed by atoms with Crippen LogP contribution in [0.25, 0.3) is 0 Å². The molecule has 0 aliphatic heterocycles. The summed E-state index contributed by atoms with van der Waals surface area (Å²) in [5.74, 6) is -0.0327. The Labute approximate surface area is 173 Å². The van der Waals surface area contributed by atoms with E-state index in [2.05, 4.69) is 4.72 Å². The molecule has 0 aromatic heterocycles. The lowest BCUT2D eigenvalue weighted by atomic mass is 10.1. The van der Waals surface area contributed by atoms with Crippen molar-refractivity contribution in [1.29, 1.82) is 0 Å². The van der Waals surface area contributed by atoms with Crippen LogP contribution in [0.15, 0.2) is 59.5 Å². The average molecular weight is 419 g/mol. The van der Waals surface area contributed by atoms with Gasteiger partial charge in [-0.2, -0.15) is 0 Å². The Morgan fingerprint density at radius 3 is 2.31 bits per heavy atom. The van der Waals surface area contributed by atoms with Gasteiger partial charge in [-0.05, 0) is 37.5 Å². The number of benzene rings is 2. The van der Waals surface area contributed by atoms with Crippen LogP contribution in [0.3, 0.4) is 0 Å². The van der Waals surface area contributed by atoms with Gasteiger partial charge in [0.05, 0.1) is 11.5 Å². The fourth-order valence-corrected chi connectivity index (χ4v) is 4.08. The second-order valence-electron chi connectivity index (χ2n) is 7.28. The first-order chi connectivity index (χ1) is 13.8. The molecule has 2 aromatic rings. The number of aryl methyl sites for hydroxylation is 1. The number of carbonyl (C=O) groups is 1. The highest BCUT2D eigenvalue weighted by atomic mass is 32.2. The van der Waals surface area contributed by atoms with E-state index >= 15 is 0 Å². The van der Waals surface area contributed by atoms with Crippen LogP contribution in [-0.4, -0.2) is 46.0 Å².